The van der Waals surface area contributed by atoms with Crippen molar-refractivity contribution >= 4 is 5.91 Å². The number of amides is 1. The van der Waals surface area contributed by atoms with Gasteiger partial charge < -0.3 is 10.6 Å². The second kappa shape index (κ2) is 5.66. The maximum atomic E-state index is 11.6. The molecule has 1 saturated heterocycles. The Morgan fingerprint density at radius 3 is 2.62 bits per heavy atom. The first-order valence-corrected chi connectivity index (χ1v) is 5.91. The van der Waals surface area contributed by atoms with Gasteiger partial charge in [-0.25, -0.2) is 0 Å². The summed E-state index contributed by atoms with van der Waals surface area (Å²) in [5, 5.41) is 6.39. The second-order valence-electron chi connectivity index (χ2n) is 4.18. The maximum Gasteiger partial charge on any atom is 0.221 e. The molecule has 1 aliphatic heterocycles. The minimum Gasteiger partial charge on any atom is -0.356 e. The molecule has 3 heteroatoms. The fourth-order valence-electron chi connectivity index (χ4n) is 2.00. The molecule has 0 unspecified atom stereocenters. The van der Waals surface area contributed by atoms with Gasteiger partial charge in [-0.15, -0.1) is 0 Å². The molecule has 0 spiro atoms. The summed E-state index contributed by atoms with van der Waals surface area (Å²) in [6, 6.07) is 10.3. The van der Waals surface area contributed by atoms with Crippen molar-refractivity contribution in [3.63, 3.8) is 0 Å². The summed E-state index contributed by atoms with van der Waals surface area (Å²) in [7, 11) is 0. The Balaban J connectivity index is 2.08. The van der Waals surface area contributed by atoms with Gasteiger partial charge in [-0.3, -0.25) is 4.79 Å². The molecule has 0 radical (unpaired) electrons. The molecule has 2 rings (SSSR count). The number of benzene rings is 1. The van der Waals surface area contributed by atoms with Crippen LogP contribution >= 0.6 is 0 Å². The van der Waals surface area contributed by atoms with Crippen LogP contribution in [0.1, 0.15) is 30.9 Å². The van der Waals surface area contributed by atoms with Crippen molar-refractivity contribution in [1.29, 1.82) is 0 Å². The summed E-state index contributed by atoms with van der Waals surface area (Å²) < 4.78 is 0. The first kappa shape index (κ1) is 11.1. The largest absolute Gasteiger partial charge is 0.356 e. The van der Waals surface area contributed by atoms with E-state index < -0.39 is 0 Å². The van der Waals surface area contributed by atoms with E-state index in [2.05, 4.69) is 22.8 Å². The highest BCUT2D eigenvalue weighted by Crippen LogP contribution is 2.17. The Labute approximate surface area is 96.2 Å². The van der Waals surface area contributed by atoms with Crippen molar-refractivity contribution < 1.29 is 4.79 Å². The second-order valence-corrected chi connectivity index (χ2v) is 4.18. The van der Waals surface area contributed by atoms with Gasteiger partial charge in [-0.05, 0) is 24.9 Å². The van der Waals surface area contributed by atoms with Crippen molar-refractivity contribution in [2.45, 2.75) is 25.3 Å². The molecular weight excluding hydrogens is 200 g/mol. The predicted octanol–water partition coefficient (Wildman–Crippen LogP) is 1.62. The quantitative estimate of drug-likeness (QED) is 0.752. The highest BCUT2D eigenvalue weighted by molar-refractivity contribution is 5.76. The number of hydrogen-bond donors (Lipinski definition) is 2. The van der Waals surface area contributed by atoms with Gasteiger partial charge in [0.2, 0.25) is 5.91 Å². The van der Waals surface area contributed by atoms with Crippen molar-refractivity contribution in [3.05, 3.63) is 35.9 Å². The van der Waals surface area contributed by atoms with Crippen molar-refractivity contribution in [1.82, 2.24) is 10.6 Å². The van der Waals surface area contributed by atoms with Gasteiger partial charge >= 0.3 is 0 Å². The van der Waals surface area contributed by atoms with E-state index in [1.165, 1.54) is 5.56 Å². The lowest BCUT2D eigenvalue weighted by Crippen LogP contribution is -2.28. The lowest BCUT2D eigenvalue weighted by atomic mass is 10.0. The molecule has 1 heterocycles. The average Bonchev–Trinajstić information content (AvgIpc) is 2.42. The zero-order valence-corrected chi connectivity index (χ0v) is 9.41. The molecular formula is C13H18N2O. The minimum atomic E-state index is 0.142. The van der Waals surface area contributed by atoms with Crippen LogP contribution in [-0.4, -0.2) is 19.0 Å². The predicted molar refractivity (Wildman–Crippen MR) is 64.0 cm³/mol. The molecule has 2 N–H and O–H groups in total. The number of hydrogen-bond acceptors (Lipinski definition) is 2. The zero-order chi connectivity index (χ0) is 11.2. The molecule has 86 valence electrons. The van der Waals surface area contributed by atoms with Gasteiger partial charge in [-0.2, -0.15) is 0 Å². The smallest absolute Gasteiger partial charge is 0.221 e. The highest BCUT2D eigenvalue weighted by atomic mass is 16.1. The van der Waals surface area contributed by atoms with E-state index in [-0.39, 0.29) is 11.9 Å². The molecule has 0 aliphatic carbocycles. The van der Waals surface area contributed by atoms with Crippen molar-refractivity contribution in [2.24, 2.45) is 0 Å². The summed E-state index contributed by atoms with van der Waals surface area (Å²) in [6.45, 7) is 1.79. The van der Waals surface area contributed by atoms with Crippen LogP contribution in [-0.2, 0) is 4.79 Å². The SMILES string of the molecule is O=C1C[C@@H](c2ccccc2)NCCCCN1. The molecule has 0 aromatic heterocycles. The zero-order valence-electron chi connectivity index (χ0n) is 9.41. The van der Waals surface area contributed by atoms with E-state index in [1.54, 1.807) is 0 Å². The highest BCUT2D eigenvalue weighted by Gasteiger charge is 2.16. The van der Waals surface area contributed by atoms with Crippen LogP contribution in [0.5, 0.6) is 0 Å². The van der Waals surface area contributed by atoms with Gasteiger partial charge in [0.1, 0.15) is 0 Å². The van der Waals surface area contributed by atoms with Crippen LogP contribution in [0, 0.1) is 0 Å². The fourth-order valence-corrected chi connectivity index (χ4v) is 2.00. The monoisotopic (exact) mass is 218 g/mol. The third kappa shape index (κ3) is 3.07. The third-order valence-corrected chi connectivity index (χ3v) is 2.91. The lowest BCUT2D eigenvalue weighted by molar-refractivity contribution is -0.121. The lowest BCUT2D eigenvalue weighted by Gasteiger charge is -2.17. The topological polar surface area (TPSA) is 41.1 Å². The maximum absolute atomic E-state index is 11.6. The standard InChI is InChI=1S/C13H18N2O/c16-13-10-12(11-6-2-1-3-7-11)14-8-4-5-9-15-13/h1-3,6-7,12,14H,4-5,8-10H2,(H,15,16)/t12-/m0/s1. The van der Waals surface area contributed by atoms with E-state index in [9.17, 15) is 4.79 Å². The van der Waals surface area contributed by atoms with Crippen LogP contribution in [0.4, 0.5) is 0 Å². The van der Waals surface area contributed by atoms with Gasteiger partial charge in [-0.1, -0.05) is 30.3 Å². The third-order valence-electron chi connectivity index (χ3n) is 2.91. The van der Waals surface area contributed by atoms with Gasteiger partial charge in [0, 0.05) is 19.0 Å². The summed E-state index contributed by atoms with van der Waals surface area (Å²) in [5.74, 6) is 0.142. The van der Waals surface area contributed by atoms with Crippen molar-refractivity contribution in [3.8, 4) is 0 Å². The molecule has 1 atom stereocenters. The first-order valence-electron chi connectivity index (χ1n) is 5.91. The molecule has 1 aromatic carbocycles. The van der Waals surface area contributed by atoms with E-state index >= 15 is 0 Å². The van der Waals surface area contributed by atoms with Crippen LogP contribution in [0.15, 0.2) is 30.3 Å². The summed E-state index contributed by atoms with van der Waals surface area (Å²) in [4.78, 5) is 11.6. The molecule has 1 aliphatic rings. The van der Waals surface area contributed by atoms with Crippen LogP contribution in [0.3, 0.4) is 0 Å². The molecule has 3 nitrogen and oxygen atoms in total. The summed E-state index contributed by atoms with van der Waals surface area (Å²) in [5.41, 5.74) is 1.19. The number of nitrogens with one attached hydrogen (secondary N) is 2. The van der Waals surface area contributed by atoms with Crippen LogP contribution < -0.4 is 10.6 Å². The molecule has 1 fully saturated rings. The van der Waals surface area contributed by atoms with E-state index in [0.717, 1.165) is 25.9 Å². The molecule has 16 heavy (non-hydrogen) atoms. The van der Waals surface area contributed by atoms with Gasteiger partial charge in [0.05, 0.1) is 0 Å². The van der Waals surface area contributed by atoms with Crippen LogP contribution in [0.2, 0.25) is 0 Å². The van der Waals surface area contributed by atoms with Gasteiger partial charge in [0.15, 0.2) is 0 Å². The minimum absolute atomic E-state index is 0.142. The number of carbonyl (C=O) groups excluding carboxylic acids is 1. The fraction of sp³-hybridized carbons (Fsp3) is 0.462. The van der Waals surface area contributed by atoms with Crippen LogP contribution in [0.25, 0.3) is 0 Å². The Hall–Kier alpha value is -1.35. The summed E-state index contributed by atoms with van der Waals surface area (Å²) in [6.07, 6.45) is 2.70. The first-order chi connectivity index (χ1) is 7.86. The number of carbonyl (C=O) groups is 1. The normalized spacial score (nSPS) is 22.8. The molecule has 0 saturated carbocycles. The van der Waals surface area contributed by atoms with Gasteiger partial charge in [0.25, 0.3) is 0 Å². The molecule has 1 aromatic rings. The Kier molecular flexibility index (Phi) is 3.94. The average molecular weight is 218 g/mol. The van der Waals surface area contributed by atoms with E-state index in [1.807, 2.05) is 18.2 Å². The van der Waals surface area contributed by atoms with E-state index in [4.69, 9.17) is 0 Å². The Bertz CT molecular complexity index is 337. The van der Waals surface area contributed by atoms with E-state index in [0.29, 0.717) is 6.42 Å². The molecule has 0 bridgehead atoms. The Morgan fingerprint density at radius 2 is 1.81 bits per heavy atom. The Morgan fingerprint density at radius 1 is 1.06 bits per heavy atom. The van der Waals surface area contributed by atoms with Crippen molar-refractivity contribution in [2.75, 3.05) is 13.1 Å². The number of rotatable bonds is 1. The summed E-state index contributed by atoms with van der Waals surface area (Å²) >= 11 is 0. The molecule has 1 amide bonds.